The third-order valence-electron chi connectivity index (χ3n) is 7.48. The first-order valence-electron chi connectivity index (χ1n) is 13.6. The van der Waals surface area contributed by atoms with Crippen LogP contribution in [0.25, 0.3) is 0 Å². The van der Waals surface area contributed by atoms with Gasteiger partial charge in [-0.25, -0.2) is 8.42 Å². The average Bonchev–Trinajstić information content (AvgIpc) is 3.05. The van der Waals surface area contributed by atoms with E-state index in [2.05, 4.69) is 23.5 Å². The molecule has 9 heteroatoms. The minimum absolute atomic E-state index is 0.0694. The number of hydrogen-bond donors (Lipinski definition) is 1. The number of unbranched alkanes of at least 4 members (excludes halogenated alkanes) is 1. The summed E-state index contributed by atoms with van der Waals surface area (Å²) in [7, 11) is 2.15. The van der Waals surface area contributed by atoms with Crippen LogP contribution in [0.3, 0.4) is 0 Å². The van der Waals surface area contributed by atoms with Gasteiger partial charge in [-0.05, 0) is 101 Å². The first-order valence-corrected chi connectivity index (χ1v) is 15.2. The predicted molar refractivity (Wildman–Crippen MR) is 145 cm³/mol. The number of fused-ring (bicyclic) bond motifs is 1. The molecule has 1 aliphatic heterocycles. The second kappa shape index (κ2) is 14.3. The maximum Gasteiger partial charge on any atom is 0.223 e. The highest BCUT2D eigenvalue weighted by molar-refractivity contribution is 7.89. The Labute approximate surface area is 218 Å². The number of nitrogens with zero attached hydrogens (tertiary/aromatic N) is 3. The lowest BCUT2D eigenvalue weighted by molar-refractivity contribution is -0.130. The van der Waals surface area contributed by atoms with Gasteiger partial charge in [0.1, 0.15) is 5.75 Å². The number of carbonyl (C=O) groups is 1. The zero-order chi connectivity index (χ0) is 26.0. The molecule has 0 saturated carbocycles. The maximum absolute atomic E-state index is 12.6. The molecule has 1 unspecified atom stereocenters. The molecule has 1 heterocycles. The van der Waals surface area contributed by atoms with Gasteiger partial charge >= 0.3 is 0 Å². The molecule has 1 N–H and O–H groups in total. The molecule has 1 fully saturated rings. The van der Waals surface area contributed by atoms with Gasteiger partial charge in [0.15, 0.2) is 0 Å². The van der Waals surface area contributed by atoms with E-state index < -0.39 is 10.0 Å². The summed E-state index contributed by atoms with van der Waals surface area (Å²) in [6.45, 7) is 4.38. The van der Waals surface area contributed by atoms with Crippen molar-refractivity contribution >= 4 is 15.9 Å². The molecule has 1 aromatic carbocycles. The van der Waals surface area contributed by atoms with Gasteiger partial charge < -0.3 is 19.9 Å². The first kappa shape index (κ1) is 28.9. The number of benzene rings is 1. The van der Waals surface area contributed by atoms with E-state index in [9.17, 15) is 13.2 Å². The Bertz CT molecular complexity index is 938. The zero-order valence-corrected chi connectivity index (χ0v) is 23.3. The van der Waals surface area contributed by atoms with E-state index in [1.165, 1.54) is 41.1 Å². The van der Waals surface area contributed by atoms with Gasteiger partial charge in [-0.1, -0.05) is 6.07 Å². The van der Waals surface area contributed by atoms with Crippen LogP contribution in [-0.4, -0.2) is 101 Å². The van der Waals surface area contributed by atoms with Gasteiger partial charge in [-0.3, -0.25) is 4.79 Å². The lowest BCUT2D eigenvalue weighted by Gasteiger charge is -2.25. The van der Waals surface area contributed by atoms with Gasteiger partial charge in [-0.2, -0.15) is 4.31 Å². The quantitative estimate of drug-likeness (QED) is 0.378. The van der Waals surface area contributed by atoms with Crippen LogP contribution >= 0.6 is 0 Å². The molecule has 0 spiro atoms. The fourth-order valence-corrected chi connectivity index (χ4v) is 6.75. The molecule has 1 amide bonds. The summed E-state index contributed by atoms with van der Waals surface area (Å²) in [6.07, 6.45) is 8.28. The Morgan fingerprint density at radius 1 is 1.06 bits per heavy atom. The number of aryl methyl sites for hydroxylation is 1. The summed E-state index contributed by atoms with van der Waals surface area (Å²) in [5.74, 6) is 1.88. The molecule has 1 atom stereocenters. The number of carbonyl (C=O) groups excluding carboxylic acids is 1. The smallest absolute Gasteiger partial charge is 0.223 e. The molecule has 0 bridgehead atoms. The molecule has 2 aliphatic rings. The molecule has 0 radical (unpaired) electrons. The predicted octanol–water partition coefficient (Wildman–Crippen LogP) is 2.38. The van der Waals surface area contributed by atoms with E-state index >= 15 is 0 Å². The molecule has 1 aromatic rings. The Balaban J connectivity index is 1.26. The van der Waals surface area contributed by atoms with Crippen molar-refractivity contribution in [3.05, 3.63) is 29.3 Å². The highest BCUT2D eigenvalue weighted by atomic mass is 32.2. The van der Waals surface area contributed by atoms with Crippen molar-refractivity contribution < 1.29 is 17.9 Å². The zero-order valence-electron chi connectivity index (χ0n) is 22.5. The molecule has 1 saturated heterocycles. The maximum atomic E-state index is 12.6. The van der Waals surface area contributed by atoms with Crippen LogP contribution < -0.4 is 10.1 Å². The average molecular weight is 523 g/mol. The molecule has 3 rings (SSSR count). The summed E-state index contributed by atoms with van der Waals surface area (Å²) in [5.41, 5.74) is 2.93. The molecule has 204 valence electrons. The Hall–Kier alpha value is -1.68. The van der Waals surface area contributed by atoms with Crippen LogP contribution in [0.4, 0.5) is 0 Å². The van der Waals surface area contributed by atoms with Gasteiger partial charge in [0, 0.05) is 39.1 Å². The Morgan fingerprint density at radius 2 is 1.86 bits per heavy atom. The summed E-state index contributed by atoms with van der Waals surface area (Å²) in [5, 5.41) is 3.56. The van der Waals surface area contributed by atoms with Gasteiger partial charge in [0.2, 0.25) is 15.9 Å². The van der Waals surface area contributed by atoms with Crippen molar-refractivity contribution in [2.75, 3.05) is 72.8 Å². The number of nitrogens with one attached hydrogen (secondary N) is 1. The number of sulfonamides is 1. The molecule has 1 aliphatic carbocycles. The van der Waals surface area contributed by atoms with Crippen molar-refractivity contribution in [1.82, 2.24) is 19.4 Å². The number of hydrogen-bond acceptors (Lipinski definition) is 6. The van der Waals surface area contributed by atoms with E-state index in [1.807, 2.05) is 23.9 Å². The normalized spacial score (nSPS) is 19.4. The van der Waals surface area contributed by atoms with E-state index in [0.717, 1.165) is 44.0 Å². The van der Waals surface area contributed by atoms with Crippen molar-refractivity contribution in [2.24, 2.45) is 5.92 Å². The fraction of sp³-hybridized carbons (Fsp3) is 0.741. The van der Waals surface area contributed by atoms with Crippen molar-refractivity contribution in [3.8, 4) is 5.75 Å². The van der Waals surface area contributed by atoms with Crippen LogP contribution in [0.15, 0.2) is 18.2 Å². The summed E-state index contributed by atoms with van der Waals surface area (Å²) in [4.78, 5) is 16.2. The van der Waals surface area contributed by atoms with Gasteiger partial charge in [0.25, 0.3) is 0 Å². The van der Waals surface area contributed by atoms with E-state index in [0.29, 0.717) is 32.7 Å². The summed E-state index contributed by atoms with van der Waals surface area (Å²) >= 11 is 0. The Kier molecular flexibility index (Phi) is 11.5. The standard InChI is InChI=1S/C27H46N4O4S/c1-29(2)19-20-36(33,34)31-16-12-27(32)30(17-18-31)15-5-4-13-28-14-6-7-23-8-9-24-10-11-26(35-3)22-25(24)21-23/h10-11,22-23,28H,4-9,12-21H2,1-3H3. The largest absolute Gasteiger partial charge is 0.497 e. The SMILES string of the molecule is COc1ccc2c(c1)CC(CCCNCCCCN1CCN(S(=O)(=O)CCN(C)C)CCC1=O)CC2. The molecular formula is C27H46N4O4S. The van der Waals surface area contributed by atoms with Crippen molar-refractivity contribution in [3.63, 3.8) is 0 Å². The molecule has 8 nitrogen and oxygen atoms in total. The van der Waals surface area contributed by atoms with Gasteiger partial charge in [-0.15, -0.1) is 0 Å². The minimum Gasteiger partial charge on any atom is -0.497 e. The van der Waals surface area contributed by atoms with Crippen LogP contribution in [-0.2, 0) is 27.7 Å². The monoisotopic (exact) mass is 522 g/mol. The Morgan fingerprint density at radius 3 is 2.64 bits per heavy atom. The molecule has 36 heavy (non-hydrogen) atoms. The van der Waals surface area contributed by atoms with Crippen molar-refractivity contribution in [2.45, 2.75) is 51.4 Å². The number of amides is 1. The van der Waals surface area contributed by atoms with Gasteiger partial charge in [0.05, 0.1) is 12.9 Å². The fourth-order valence-electron chi connectivity index (χ4n) is 5.16. The number of rotatable bonds is 14. The topological polar surface area (TPSA) is 82.2 Å². The van der Waals surface area contributed by atoms with E-state index in [4.69, 9.17) is 4.74 Å². The number of ether oxygens (including phenoxy) is 1. The third kappa shape index (κ3) is 9.01. The summed E-state index contributed by atoms with van der Waals surface area (Å²) < 4.78 is 32.0. The van der Waals surface area contributed by atoms with Crippen LogP contribution in [0.2, 0.25) is 0 Å². The highest BCUT2D eigenvalue weighted by Gasteiger charge is 2.28. The van der Waals surface area contributed by atoms with E-state index in [1.54, 1.807) is 7.11 Å². The van der Waals surface area contributed by atoms with Crippen LogP contribution in [0, 0.1) is 5.92 Å². The molecule has 0 aromatic heterocycles. The lowest BCUT2D eigenvalue weighted by Crippen LogP contribution is -2.39. The van der Waals surface area contributed by atoms with Crippen molar-refractivity contribution in [1.29, 1.82) is 0 Å². The number of methoxy groups -OCH3 is 1. The van der Waals surface area contributed by atoms with Crippen LogP contribution in [0.5, 0.6) is 5.75 Å². The minimum atomic E-state index is -3.32. The lowest BCUT2D eigenvalue weighted by atomic mass is 9.81. The first-order chi connectivity index (χ1) is 17.3. The highest BCUT2D eigenvalue weighted by Crippen LogP contribution is 2.30. The summed E-state index contributed by atoms with van der Waals surface area (Å²) in [6, 6.07) is 6.49. The van der Waals surface area contributed by atoms with Crippen LogP contribution in [0.1, 0.15) is 49.7 Å². The third-order valence-corrected chi connectivity index (χ3v) is 9.33. The second-order valence-corrected chi connectivity index (χ2v) is 12.6. The molecular weight excluding hydrogens is 476 g/mol. The van der Waals surface area contributed by atoms with E-state index in [-0.39, 0.29) is 18.1 Å². The second-order valence-electron chi connectivity index (χ2n) is 10.5.